The van der Waals surface area contributed by atoms with Crippen LogP contribution in [-0.2, 0) is 17.9 Å². The fourth-order valence-electron chi connectivity index (χ4n) is 4.75. The number of amides is 2. The quantitative estimate of drug-likeness (QED) is 0.206. The lowest BCUT2D eigenvalue weighted by molar-refractivity contribution is -0.133. The van der Waals surface area contributed by atoms with Crippen molar-refractivity contribution in [2.24, 2.45) is 16.7 Å². The number of nitriles is 1. The molecule has 43 heavy (non-hydrogen) atoms. The van der Waals surface area contributed by atoms with Gasteiger partial charge in [-0.25, -0.2) is 13.8 Å². The SMILES string of the molecule is C[C@H](NCc1ccc2c(c1)nc(NC(=O)c1ccc(C(F)F)s1)n2CC1CN(C(=O)/C(C#N)=C/C(C)(C)C)C1)C(C)(C)C. The molecule has 2 aromatic heterocycles. The molecule has 230 valence electrons. The molecule has 0 unspecified atom stereocenters. The van der Waals surface area contributed by atoms with Crippen molar-refractivity contribution in [3.63, 3.8) is 0 Å². The first-order valence-electron chi connectivity index (χ1n) is 14.4. The van der Waals surface area contributed by atoms with E-state index in [-0.39, 0.29) is 44.0 Å². The Bertz CT molecular complexity index is 1560. The number of carbonyl (C=O) groups excluding carboxylic acids is 2. The van der Waals surface area contributed by atoms with Crippen LogP contribution in [0.2, 0.25) is 0 Å². The molecule has 1 atom stereocenters. The largest absolute Gasteiger partial charge is 0.337 e. The minimum absolute atomic E-state index is 0.0766. The third kappa shape index (κ3) is 7.86. The maximum Gasteiger partial charge on any atom is 0.272 e. The fourth-order valence-corrected chi connectivity index (χ4v) is 5.51. The van der Waals surface area contributed by atoms with Crippen LogP contribution < -0.4 is 10.6 Å². The molecule has 1 aliphatic rings. The van der Waals surface area contributed by atoms with E-state index in [2.05, 4.69) is 38.3 Å². The zero-order valence-corrected chi connectivity index (χ0v) is 26.6. The number of hydrogen-bond acceptors (Lipinski definition) is 6. The van der Waals surface area contributed by atoms with Crippen molar-refractivity contribution in [3.8, 4) is 6.07 Å². The Morgan fingerprint density at radius 1 is 1.16 bits per heavy atom. The number of alkyl halides is 2. The van der Waals surface area contributed by atoms with Gasteiger partial charge in [0.15, 0.2) is 0 Å². The van der Waals surface area contributed by atoms with E-state index in [1.165, 1.54) is 12.1 Å². The first-order valence-corrected chi connectivity index (χ1v) is 15.2. The number of carbonyl (C=O) groups is 2. The molecule has 1 fully saturated rings. The summed E-state index contributed by atoms with van der Waals surface area (Å²) in [5.41, 5.74) is 2.49. The van der Waals surface area contributed by atoms with Crippen molar-refractivity contribution in [3.05, 3.63) is 57.3 Å². The first-order chi connectivity index (χ1) is 20.1. The number of nitrogens with one attached hydrogen (secondary N) is 2. The van der Waals surface area contributed by atoms with Crippen molar-refractivity contribution in [1.82, 2.24) is 19.8 Å². The van der Waals surface area contributed by atoms with Gasteiger partial charge >= 0.3 is 0 Å². The van der Waals surface area contributed by atoms with E-state index in [0.29, 0.717) is 37.6 Å². The monoisotopic (exact) mass is 610 g/mol. The number of nitrogens with zero attached hydrogens (tertiary/aromatic N) is 4. The molecule has 2 N–H and O–H groups in total. The van der Waals surface area contributed by atoms with Crippen LogP contribution >= 0.6 is 11.3 Å². The first kappa shape index (κ1) is 32.3. The number of allylic oxidation sites excluding steroid dienone is 1. The van der Waals surface area contributed by atoms with Gasteiger partial charge in [0.25, 0.3) is 18.2 Å². The molecule has 0 bridgehead atoms. The number of likely N-dealkylation sites (tertiary alicyclic amines) is 1. The van der Waals surface area contributed by atoms with E-state index in [0.717, 1.165) is 22.4 Å². The van der Waals surface area contributed by atoms with Gasteiger partial charge in [-0.15, -0.1) is 11.3 Å². The number of fused-ring (bicyclic) bond motifs is 1. The van der Waals surface area contributed by atoms with Gasteiger partial charge in [0, 0.05) is 38.1 Å². The normalized spacial score (nSPS) is 15.5. The number of halogens is 2. The summed E-state index contributed by atoms with van der Waals surface area (Å²) in [6, 6.07) is 10.9. The second-order valence-corrected chi connectivity index (χ2v) is 14.5. The molecular formula is C32H40F2N6O2S. The molecule has 11 heteroatoms. The van der Waals surface area contributed by atoms with Crippen molar-refractivity contribution < 1.29 is 18.4 Å². The summed E-state index contributed by atoms with van der Waals surface area (Å²) >= 11 is 0.753. The Morgan fingerprint density at radius 2 is 1.86 bits per heavy atom. The van der Waals surface area contributed by atoms with Gasteiger partial charge in [0.1, 0.15) is 11.6 Å². The summed E-state index contributed by atoms with van der Waals surface area (Å²) in [7, 11) is 0. The third-order valence-electron chi connectivity index (χ3n) is 7.63. The van der Waals surface area contributed by atoms with E-state index >= 15 is 0 Å². The molecule has 0 spiro atoms. The maximum absolute atomic E-state index is 13.1. The van der Waals surface area contributed by atoms with Crippen LogP contribution in [-0.4, -0.2) is 45.4 Å². The van der Waals surface area contributed by atoms with Crippen molar-refractivity contribution >= 4 is 40.1 Å². The average molecular weight is 611 g/mol. The lowest BCUT2D eigenvalue weighted by atomic mass is 9.88. The van der Waals surface area contributed by atoms with Gasteiger partial charge in [-0.3, -0.25) is 14.9 Å². The topological polar surface area (TPSA) is 103 Å². The van der Waals surface area contributed by atoms with Crippen LogP contribution in [0.15, 0.2) is 42.0 Å². The van der Waals surface area contributed by atoms with Crippen molar-refractivity contribution in [2.45, 2.75) is 74.0 Å². The lowest BCUT2D eigenvalue weighted by Gasteiger charge is -2.39. The fraction of sp³-hybridized carbons (Fsp3) is 0.500. The van der Waals surface area contributed by atoms with E-state index in [1.807, 2.05) is 49.6 Å². The molecular weight excluding hydrogens is 570 g/mol. The number of imidazole rings is 1. The smallest absolute Gasteiger partial charge is 0.272 e. The highest BCUT2D eigenvalue weighted by Gasteiger charge is 2.34. The zero-order chi connectivity index (χ0) is 31.7. The van der Waals surface area contributed by atoms with E-state index in [9.17, 15) is 23.6 Å². The van der Waals surface area contributed by atoms with Gasteiger partial charge in [-0.05, 0) is 47.6 Å². The molecule has 1 aromatic carbocycles. The van der Waals surface area contributed by atoms with Gasteiger partial charge in [-0.2, -0.15) is 5.26 Å². The van der Waals surface area contributed by atoms with Crippen molar-refractivity contribution in [1.29, 1.82) is 5.26 Å². The highest BCUT2D eigenvalue weighted by molar-refractivity contribution is 7.14. The van der Waals surface area contributed by atoms with Crippen LogP contribution in [0.5, 0.6) is 0 Å². The molecule has 4 rings (SSSR count). The third-order valence-corrected chi connectivity index (χ3v) is 8.72. The maximum atomic E-state index is 13.1. The van der Waals surface area contributed by atoms with Crippen LogP contribution in [0.25, 0.3) is 11.0 Å². The molecule has 3 aromatic rings. The predicted molar refractivity (Wildman–Crippen MR) is 166 cm³/mol. The van der Waals surface area contributed by atoms with Gasteiger partial charge < -0.3 is 14.8 Å². The van der Waals surface area contributed by atoms with Gasteiger partial charge in [0.05, 0.1) is 20.8 Å². The second-order valence-electron chi connectivity index (χ2n) is 13.4. The average Bonchev–Trinajstić information content (AvgIpc) is 3.51. The lowest BCUT2D eigenvalue weighted by Crippen LogP contribution is -2.51. The summed E-state index contributed by atoms with van der Waals surface area (Å²) < 4.78 is 28.2. The summed E-state index contributed by atoms with van der Waals surface area (Å²) in [5, 5.41) is 15.9. The Kier molecular flexibility index (Phi) is 9.42. The minimum atomic E-state index is -2.65. The molecule has 1 saturated heterocycles. The highest BCUT2D eigenvalue weighted by atomic mass is 32.1. The predicted octanol–water partition coefficient (Wildman–Crippen LogP) is 6.77. The van der Waals surface area contributed by atoms with Crippen LogP contribution in [0.3, 0.4) is 0 Å². The number of anilines is 1. The molecule has 3 heterocycles. The van der Waals surface area contributed by atoms with Crippen LogP contribution in [0.4, 0.5) is 14.7 Å². The Balaban J connectivity index is 1.56. The molecule has 8 nitrogen and oxygen atoms in total. The van der Waals surface area contributed by atoms with Crippen LogP contribution in [0.1, 0.15) is 75.0 Å². The molecule has 1 aliphatic heterocycles. The number of aromatic nitrogens is 2. The minimum Gasteiger partial charge on any atom is -0.337 e. The summed E-state index contributed by atoms with van der Waals surface area (Å²) in [4.78, 5) is 32.4. The van der Waals surface area contributed by atoms with E-state index < -0.39 is 12.3 Å². The number of thiophene rings is 1. The van der Waals surface area contributed by atoms with E-state index in [4.69, 9.17) is 4.98 Å². The molecule has 2 amide bonds. The summed E-state index contributed by atoms with van der Waals surface area (Å²) in [5.74, 6) is -0.402. The van der Waals surface area contributed by atoms with E-state index in [1.54, 1.807) is 11.0 Å². The Morgan fingerprint density at radius 3 is 2.44 bits per heavy atom. The number of benzene rings is 1. The Hall–Kier alpha value is -3.62. The standard InChI is InChI=1S/C32H40F2N6O2S/c1-19(32(5,6)7)36-15-20-8-9-24-23(12-20)37-30(38-28(41)26-11-10-25(43-26)27(33)34)40(24)18-21-16-39(17-21)29(42)22(14-35)13-31(2,3)4/h8-13,19,21,27,36H,15-18H2,1-7H3,(H,37,38,41)/b22-13+/t19-/m0/s1. The molecule has 0 saturated carbocycles. The zero-order valence-electron chi connectivity index (χ0n) is 25.8. The summed E-state index contributed by atoms with van der Waals surface area (Å²) in [6.45, 7) is 16.6. The molecule has 0 radical (unpaired) electrons. The van der Waals surface area contributed by atoms with Gasteiger partial charge in [0.2, 0.25) is 5.95 Å². The number of hydrogen-bond donors (Lipinski definition) is 2. The summed E-state index contributed by atoms with van der Waals surface area (Å²) in [6.07, 6.45) is -0.952. The van der Waals surface area contributed by atoms with Crippen molar-refractivity contribution in [2.75, 3.05) is 18.4 Å². The highest BCUT2D eigenvalue weighted by Crippen LogP contribution is 2.30. The van der Waals surface area contributed by atoms with Crippen LogP contribution in [0, 0.1) is 28.1 Å². The van der Waals surface area contributed by atoms with Gasteiger partial charge in [-0.1, -0.05) is 53.7 Å². The Labute approximate surface area is 255 Å². The second kappa shape index (κ2) is 12.5. The number of rotatable bonds is 9. The molecule has 0 aliphatic carbocycles.